The molecule has 0 aliphatic heterocycles. The van der Waals surface area contributed by atoms with Crippen LogP contribution in [0.1, 0.15) is 44.1 Å². The van der Waals surface area contributed by atoms with Gasteiger partial charge in [-0.2, -0.15) is 0 Å². The van der Waals surface area contributed by atoms with Gasteiger partial charge >= 0.3 is 0 Å². The molecule has 0 aliphatic rings. The first kappa shape index (κ1) is 15.6. The average molecular weight is 264 g/mol. The summed E-state index contributed by atoms with van der Waals surface area (Å²) in [7, 11) is 1.71. The van der Waals surface area contributed by atoms with Crippen LogP contribution in [0.3, 0.4) is 0 Å². The van der Waals surface area contributed by atoms with Gasteiger partial charge in [-0.1, -0.05) is 13.8 Å². The molecule has 106 valence electrons. The van der Waals surface area contributed by atoms with Crippen molar-refractivity contribution in [3.63, 3.8) is 0 Å². The molecule has 0 saturated carbocycles. The molecule has 0 atom stereocenters. The number of hydrogen-bond acceptors (Lipinski definition) is 4. The van der Waals surface area contributed by atoms with Crippen LogP contribution in [-0.2, 0) is 4.74 Å². The maximum Gasteiger partial charge on any atom is 0.178 e. The van der Waals surface area contributed by atoms with E-state index in [2.05, 4.69) is 23.7 Å². The number of aromatic nitrogens is 1. The van der Waals surface area contributed by atoms with E-state index in [9.17, 15) is 4.79 Å². The Hall–Kier alpha value is -1.42. The molecule has 1 aromatic rings. The monoisotopic (exact) mass is 264 g/mol. The quantitative estimate of drug-likeness (QED) is 0.677. The highest BCUT2D eigenvalue weighted by Gasteiger charge is 2.16. The van der Waals surface area contributed by atoms with Crippen LogP contribution >= 0.6 is 0 Å². The molecule has 0 unspecified atom stereocenters. The lowest BCUT2D eigenvalue weighted by atomic mass is 10.1. The summed E-state index contributed by atoms with van der Waals surface area (Å²) in [5.41, 5.74) is 1.57. The van der Waals surface area contributed by atoms with Crippen LogP contribution in [0.5, 0.6) is 0 Å². The van der Waals surface area contributed by atoms with Crippen molar-refractivity contribution in [1.29, 1.82) is 0 Å². The number of rotatable bonds is 8. The van der Waals surface area contributed by atoms with Crippen LogP contribution in [0.15, 0.2) is 18.3 Å². The maximum absolute atomic E-state index is 11.2. The van der Waals surface area contributed by atoms with E-state index in [-0.39, 0.29) is 5.78 Å². The van der Waals surface area contributed by atoms with E-state index in [0.29, 0.717) is 18.3 Å². The van der Waals surface area contributed by atoms with Gasteiger partial charge in [0, 0.05) is 26.6 Å². The molecule has 0 spiro atoms. The summed E-state index contributed by atoms with van der Waals surface area (Å²) in [6, 6.07) is 4.23. The number of ketones is 1. The van der Waals surface area contributed by atoms with Crippen molar-refractivity contribution >= 4 is 11.5 Å². The Labute approximate surface area is 115 Å². The lowest BCUT2D eigenvalue weighted by molar-refractivity contribution is 0.101. The summed E-state index contributed by atoms with van der Waals surface area (Å²) in [6.07, 6.45) is 3.94. The SMILES string of the molecule is CCC(CC)N(CCOC)c1ccc(C(C)=O)nc1. The number of Topliss-reactive ketones (excluding diaryl/α,β-unsaturated/α-hetero) is 1. The van der Waals surface area contributed by atoms with Crippen LogP contribution in [-0.4, -0.2) is 37.1 Å². The molecule has 0 aromatic carbocycles. The molecule has 0 radical (unpaired) electrons. The predicted octanol–water partition coefficient (Wildman–Crippen LogP) is 2.93. The third-order valence-corrected chi connectivity index (χ3v) is 3.36. The second-order valence-corrected chi connectivity index (χ2v) is 4.61. The minimum atomic E-state index is -0.00229. The first-order valence-electron chi connectivity index (χ1n) is 6.86. The van der Waals surface area contributed by atoms with E-state index in [1.807, 2.05) is 6.07 Å². The first-order valence-corrected chi connectivity index (χ1v) is 6.86. The Morgan fingerprint density at radius 3 is 2.47 bits per heavy atom. The van der Waals surface area contributed by atoms with Crippen molar-refractivity contribution in [1.82, 2.24) is 4.98 Å². The van der Waals surface area contributed by atoms with Crippen molar-refractivity contribution in [2.75, 3.05) is 25.2 Å². The van der Waals surface area contributed by atoms with E-state index in [1.54, 1.807) is 19.4 Å². The molecule has 1 heterocycles. The number of methoxy groups -OCH3 is 1. The number of anilines is 1. The second-order valence-electron chi connectivity index (χ2n) is 4.61. The lowest BCUT2D eigenvalue weighted by Crippen LogP contribution is -2.37. The number of pyridine rings is 1. The van der Waals surface area contributed by atoms with E-state index in [4.69, 9.17) is 4.74 Å². The van der Waals surface area contributed by atoms with Crippen molar-refractivity contribution < 1.29 is 9.53 Å². The number of carbonyl (C=O) groups excluding carboxylic acids is 1. The Morgan fingerprint density at radius 2 is 2.05 bits per heavy atom. The molecule has 19 heavy (non-hydrogen) atoms. The minimum absolute atomic E-state index is 0.00229. The normalized spacial score (nSPS) is 10.8. The molecule has 0 bridgehead atoms. The summed E-state index contributed by atoms with van der Waals surface area (Å²) in [5.74, 6) is -0.00229. The zero-order valence-corrected chi connectivity index (χ0v) is 12.3. The minimum Gasteiger partial charge on any atom is -0.383 e. The Balaban J connectivity index is 2.92. The van der Waals surface area contributed by atoms with Crippen LogP contribution in [0, 0.1) is 0 Å². The van der Waals surface area contributed by atoms with Gasteiger partial charge in [-0.15, -0.1) is 0 Å². The number of ether oxygens (including phenoxy) is 1. The van der Waals surface area contributed by atoms with Gasteiger partial charge in [0.25, 0.3) is 0 Å². The molecular formula is C15H24N2O2. The van der Waals surface area contributed by atoms with Crippen LogP contribution in [0.4, 0.5) is 5.69 Å². The molecule has 1 aromatic heterocycles. The molecule has 0 saturated heterocycles. The summed E-state index contributed by atoms with van der Waals surface area (Å²) in [5, 5.41) is 0. The summed E-state index contributed by atoms with van der Waals surface area (Å²) >= 11 is 0. The van der Waals surface area contributed by atoms with Gasteiger partial charge in [-0.25, -0.2) is 0 Å². The molecular weight excluding hydrogens is 240 g/mol. The maximum atomic E-state index is 11.2. The van der Waals surface area contributed by atoms with E-state index in [1.165, 1.54) is 6.92 Å². The fourth-order valence-corrected chi connectivity index (χ4v) is 2.21. The number of carbonyl (C=O) groups is 1. The van der Waals surface area contributed by atoms with Crippen LogP contribution < -0.4 is 4.90 Å². The summed E-state index contributed by atoms with van der Waals surface area (Å²) in [6.45, 7) is 7.43. The smallest absolute Gasteiger partial charge is 0.178 e. The Bertz CT molecular complexity index is 386. The van der Waals surface area contributed by atoms with Gasteiger partial charge in [0.2, 0.25) is 0 Å². The largest absolute Gasteiger partial charge is 0.383 e. The van der Waals surface area contributed by atoms with Crippen molar-refractivity contribution in [3.8, 4) is 0 Å². The number of hydrogen-bond donors (Lipinski definition) is 0. The molecule has 4 heteroatoms. The first-order chi connectivity index (χ1) is 9.13. The average Bonchev–Trinajstić information content (AvgIpc) is 2.43. The van der Waals surface area contributed by atoms with Crippen molar-refractivity contribution in [2.24, 2.45) is 0 Å². The zero-order chi connectivity index (χ0) is 14.3. The lowest BCUT2D eigenvalue weighted by Gasteiger charge is -2.32. The fourth-order valence-electron chi connectivity index (χ4n) is 2.21. The van der Waals surface area contributed by atoms with Gasteiger partial charge in [-0.05, 0) is 25.0 Å². The van der Waals surface area contributed by atoms with Crippen LogP contribution in [0.2, 0.25) is 0 Å². The molecule has 1 rings (SSSR count). The Kier molecular flexibility index (Phi) is 6.50. The number of nitrogens with zero attached hydrogens (tertiary/aromatic N) is 2. The highest BCUT2D eigenvalue weighted by atomic mass is 16.5. The zero-order valence-electron chi connectivity index (χ0n) is 12.3. The molecule has 0 amide bonds. The van der Waals surface area contributed by atoms with E-state index < -0.39 is 0 Å². The Morgan fingerprint density at radius 1 is 1.37 bits per heavy atom. The van der Waals surface area contributed by atoms with Crippen LogP contribution in [0.25, 0.3) is 0 Å². The third-order valence-electron chi connectivity index (χ3n) is 3.36. The van der Waals surface area contributed by atoms with E-state index in [0.717, 1.165) is 25.1 Å². The highest BCUT2D eigenvalue weighted by Crippen LogP contribution is 2.19. The molecule has 0 N–H and O–H groups in total. The van der Waals surface area contributed by atoms with Crippen molar-refractivity contribution in [2.45, 2.75) is 39.7 Å². The molecule has 0 aliphatic carbocycles. The van der Waals surface area contributed by atoms with E-state index >= 15 is 0 Å². The summed E-state index contributed by atoms with van der Waals surface area (Å²) in [4.78, 5) is 17.8. The molecule has 0 fully saturated rings. The summed E-state index contributed by atoms with van der Waals surface area (Å²) < 4.78 is 5.18. The highest BCUT2D eigenvalue weighted by molar-refractivity contribution is 5.92. The second kappa shape index (κ2) is 7.89. The van der Waals surface area contributed by atoms with Gasteiger partial charge < -0.3 is 9.64 Å². The molecule has 4 nitrogen and oxygen atoms in total. The standard InChI is InChI=1S/C15H24N2O2/c1-5-13(6-2)17(9-10-19-4)14-7-8-15(12(3)18)16-11-14/h7-8,11,13H,5-6,9-10H2,1-4H3. The predicted molar refractivity (Wildman–Crippen MR) is 77.8 cm³/mol. The fraction of sp³-hybridized carbons (Fsp3) is 0.600. The van der Waals surface area contributed by atoms with Gasteiger partial charge in [0.1, 0.15) is 5.69 Å². The van der Waals surface area contributed by atoms with Gasteiger partial charge in [0.15, 0.2) is 5.78 Å². The van der Waals surface area contributed by atoms with Crippen molar-refractivity contribution in [3.05, 3.63) is 24.0 Å². The van der Waals surface area contributed by atoms with Gasteiger partial charge in [0.05, 0.1) is 18.5 Å². The topological polar surface area (TPSA) is 42.4 Å². The van der Waals surface area contributed by atoms with Gasteiger partial charge in [-0.3, -0.25) is 9.78 Å². The third kappa shape index (κ3) is 4.31.